The fourth-order valence-corrected chi connectivity index (χ4v) is 3.89. The van der Waals surface area contributed by atoms with E-state index in [0.717, 1.165) is 18.4 Å². The number of aromatic carboxylic acids is 1. The third-order valence-electron chi connectivity index (χ3n) is 4.84. The highest BCUT2D eigenvalue weighted by molar-refractivity contribution is 7.92. The number of rotatable bonds is 6. The number of sulfonamides is 1. The second-order valence-corrected chi connectivity index (χ2v) is 8.84. The fourth-order valence-electron chi connectivity index (χ4n) is 3.24. The standard InChI is InChI=1S/C20H18FNO5S/c1-2-28(25,26)22-16-10-17-15(9-14(16)11-3-4-11)18(20(23)24)19(27-17)12-5-7-13(21)8-6-12/h5-11,22H,2-4H2,1H3,(H,23,24). The number of carboxylic acid groups (broad SMARTS) is 1. The van der Waals surface area contributed by atoms with Crippen molar-refractivity contribution in [3.63, 3.8) is 0 Å². The van der Waals surface area contributed by atoms with E-state index in [2.05, 4.69) is 4.72 Å². The Bertz CT molecular complexity index is 1180. The number of fused-ring (bicyclic) bond motifs is 1. The maximum atomic E-state index is 13.2. The molecule has 3 aromatic rings. The Labute approximate surface area is 161 Å². The molecule has 8 heteroatoms. The van der Waals surface area contributed by atoms with Crippen molar-refractivity contribution in [1.82, 2.24) is 0 Å². The van der Waals surface area contributed by atoms with E-state index in [9.17, 15) is 22.7 Å². The van der Waals surface area contributed by atoms with Gasteiger partial charge < -0.3 is 9.52 Å². The second kappa shape index (κ2) is 6.63. The third kappa shape index (κ3) is 3.35. The third-order valence-corrected chi connectivity index (χ3v) is 6.13. The lowest BCUT2D eigenvalue weighted by atomic mass is 10.0. The number of furan rings is 1. The summed E-state index contributed by atoms with van der Waals surface area (Å²) < 4.78 is 45.7. The molecule has 1 aliphatic rings. The highest BCUT2D eigenvalue weighted by Crippen LogP contribution is 2.46. The first-order chi connectivity index (χ1) is 13.3. The van der Waals surface area contributed by atoms with E-state index in [-0.39, 0.29) is 28.6 Å². The molecule has 4 rings (SSSR count). The summed E-state index contributed by atoms with van der Waals surface area (Å²) in [5.74, 6) is -1.38. The molecule has 0 radical (unpaired) electrons. The summed E-state index contributed by atoms with van der Waals surface area (Å²) in [6.07, 6.45) is 1.83. The van der Waals surface area contributed by atoms with Gasteiger partial charge >= 0.3 is 5.97 Å². The van der Waals surface area contributed by atoms with Crippen molar-refractivity contribution >= 4 is 32.6 Å². The van der Waals surface area contributed by atoms with Gasteiger partial charge in [-0.1, -0.05) is 0 Å². The van der Waals surface area contributed by atoms with Crippen LogP contribution in [-0.2, 0) is 10.0 Å². The predicted octanol–water partition coefficient (Wildman–Crippen LogP) is 4.58. The molecule has 0 bridgehead atoms. The van der Waals surface area contributed by atoms with Gasteiger partial charge in [0.15, 0.2) is 0 Å². The highest BCUT2D eigenvalue weighted by Gasteiger charge is 2.30. The molecule has 0 aliphatic heterocycles. The van der Waals surface area contributed by atoms with E-state index in [1.807, 2.05) is 0 Å². The Balaban J connectivity index is 1.94. The lowest BCUT2D eigenvalue weighted by molar-refractivity contribution is 0.0699. The SMILES string of the molecule is CCS(=O)(=O)Nc1cc2oc(-c3ccc(F)cc3)c(C(=O)O)c2cc1C1CC1. The molecule has 2 N–H and O–H groups in total. The number of nitrogens with one attached hydrogen (secondary N) is 1. The minimum absolute atomic E-state index is 0.0200. The first kappa shape index (κ1) is 18.5. The van der Waals surface area contributed by atoms with E-state index >= 15 is 0 Å². The minimum Gasteiger partial charge on any atom is -0.478 e. The predicted molar refractivity (Wildman–Crippen MR) is 104 cm³/mol. The minimum atomic E-state index is -3.50. The number of halogens is 1. The molecule has 28 heavy (non-hydrogen) atoms. The van der Waals surface area contributed by atoms with E-state index in [4.69, 9.17) is 4.42 Å². The van der Waals surface area contributed by atoms with Crippen LogP contribution in [0.15, 0.2) is 40.8 Å². The van der Waals surface area contributed by atoms with Crippen LogP contribution < -0.4 is 4.72 Å². The Morgan fingerprint density at radius 2 is 1.93 bits per heavy atom. The van der Waals surface area contributed by atoms with Crippen LogP contribution in [0.1, 0.15) is 41.6 Å². The van der Waals surface area contributed by atoms with Crippen molar-refractivity contribution in [2.45, 2.75) is 25.7 Å². The number of carboxylic acids is 1. The van der Waals surface area contributed by atoms with E-state index in [0.29, 0.717) is 16.6 Å². The van der Waals surface area contributed by atoms with Crippen LogP contribution in [0.4, 0.5) is 10.1 Å². The summed E-state index contributed by atoms with van der Waals surface area (Å²) >= 11 is 0. The van der Waals surface area contributed by atoms with Crippen molar-refractivity contribution in [1.29, 1.82) is 0 Å². The molecule has 0 spiro atoms. The van der Waals surface area contributed by atoms with Gasteiger partial charge in [-0.25, -0.2) is 17.6 Å². The van der Waals surface area contributed by atoms with Crippen molar-refractivity contribution in [2.24, 2.45) is 0 Å². The number of carbonyl (C=O) groups is 1. The smallest absolute Gasteiger partial charge is 0.340 e. The maximum Gasteiger partial charge on any atom is 0.340 e. The molecule has 1 saturated carbocycles. The number of hydrogen-bond donors (Lipinski definition) is 2. The van der Waals surface area contributed by atoms with Gasteiger partial charge in [-0.15, -0.1) is 0 Å². The van der Waals surface area contributed by atoms with Gasteiger partial charge in [-0.05, 0) is 61.6 Å². The van der Waals surface area contributed by atoms with Gasteiger partial charge in [0, 0.05) is 17.0 Å². The lowest BCUT2D eigenvalue weighted by Gasteiger charge is -2.11. The van der Waals surface area contributed by atoms with Gasteiger partial charge in [-0.2, -0.15) is 0 Å². The van der Waals surface area contributed by atoms with Gasteiger partial charge in [0.05, 0.1) is 11.4 Å². The average molecular weight is 403 g/mol. The molecule has 0 atom stereocenters. The molecule has 6 nitrogen and oxygen atoms in total. The number of anilines is 1. The number of benzene rings is 2. The van der Waals surface area contributed by atoms with E-state index in [1.54, 1.807) is 13.0 Å². The molecule has 2 aromatic carbocycles. The van der Waals surface area contributed by atoms with Gasteiger partial charge in [-0.3, -0.25) is 4.72 Å². The fraction of sp³-hybridized carbons (Fsp3) is 0.250. The average Bonchev–Trinajstić information content (AvgIpc) is 3.42. The molecule has 146 valence electrons. The maximum absolute atomic E-state index is 13.2. The molecule has 0 unspecified atom stereocenters. The summed E-state index contributed by atoms with van der Waals surface area (Å²) in [6, 6.07) is 8.58. The molecule has 1 fully saturated rings. The monoisotopic (exact) mass is 403 g/mol. The summed E-state index contributed by atoms with van der Waals surface area (Å²) in [5, 5.41) is 10.2. The Morgan fingerprint density at radius 1 is 1.25 bits per heavy atom. The molecule has 1 aliphatic carbocycles. The van der Waals surface area contributed by atoms with Gasteiger partial charge in [0.1, 0.15) is 22.7 Å². The normalized spacial score (nSPS) is 14.4. The summed E-state index contributed by atoms with van der Waals surface area (Å²) in [5.41, 5.74) is 1.84. The van der Waals surface area contributed by atoms with Crippen LogP contribution >= 0.6 is 0 Å². The first-order valence-corrected chi connectivity index (χ1v) is 10.5. The summed E-state index contributed by atoms with van der Waals surface area (Å²) in [7, 11) is -3.50. The first-order valence-electron chi connectivity index (χ1n) is 8.89. The summed E-state index contributed by atoms with van der Waals surface area (Å²) in [4.78, 5) is 11.9. The molecule has 0 saturated heterocycles. The van der Waals surface area contributed by atoms with Crippen LogP contribution in [-0.4, -0.2) is 25.2 Å². The zero-order valence-corrected chi connectivity index (χ0v) is 15.8. The number of hydrogen-bond acceptors (Lipinski definition) is 4. The van der Waals surface area contributed by atoms with Crippen LogP contribution in [0.25, 0.3) is 22.3 Å². The summed E-state index contributed by atoms with van der Waals surface area (Å²) in [6.45, 7) is 1.54. The Morgan fingerprint density at radius 3 is 2.50 bits per heavy atom. The van der Waals surface area contributed by atoms with Crippen molar-refractivity contribution in [3.8, 4) is 11.3 Å². The van der Waals surface area contributed by atoms with E-state index < -0.39 is 21.8 Å². The largest absolute Gasteiger partial charge is 0.478 e. The Kier molecular flexibility index (Phi) is 4.38. The van der Waals surface area contributed by atoms with Gasteiger partial charge in [0.2, 0.25) is 10.0 Å². The lowest BCUT2D eigenvalue weighted by Crippen LogP contribution is -2.15. The molecule has 0 amide bonds. The van der Waals surface area contributed by atoms with Gasteiger partial charge in [0.25, 0.3) is 0 Å². The topological polar surface area (TPSA) is 96.6 Å². The highest BCUT2D eigenvalue weighted by atomic mass is 32.2. The van der Waals surface area contributed by atoms with E-state index in [1.165, 1.54) is 30.3 Å². The van der Waals surface area contributed by atoms with Crippen LogP contribution in [0.5, 0.6) is 0 Å². The quantitative estimate of drug-likeness (QED) is 0.628. The molecular formula is C20H18FNO5S. The molecule has 1 aromatic heterocycles. The van der Waals surface area contributed by atoms with Crippen molar-refractivity contribution in [3.05, 3.63) is 53.3 Å². The second-order valence-electron chi connectivity index (χ2n) is 6.83. The zero-order valence-electron chi connectivity index (χ0n) is 15.0. The Hall–Kier alpha value is -2.87. The zero-order chi connectivity index (χ0) is 20.1. The van der Waals surface area contributed by atoms with Crippen molar-refractivity contribution < 1.29 is 27.1 Å². The van der Waals surface area contributed by atoms with Crippen molar-refractivity contribution in [2.75, 3.05) is 10.5 Å². The molecule has 1 heterocycles. The van der Waals surface area contributed by atoms with Crippen LogP contribution in [0.3, 0.4) is 0 Å². The van der Waals surface area contributed by atoms with Crippen LogP contribution in [0.2, 0.25) is 0 Å². The molecular weight excluding hydrogens is 385 g/mol. The van der Waals surface area contributed by atoms with Crippen LogP contribution in [0, 0.1) is 5.82 Å².